The summed E-state index contributed by atoms with van der Waals surface area (Å²) in [4.78, 5) is 16.2. The van der Waals surface area contributed by atoms with Crippen LogP contribution in [0.5, 0.6) is 0 Å². The van der Waals surface area contributed by atoms with Gasteiger partial charge >= 0.3 is 0 Å². The number of likely N-dealkylation sites (tertiary alicyclic amines) is 1. The van der Waals surface area contributed by atoms with E-state index in [4.69, 9.17) is 12.2 Å². The van der Waals surface area contributed by atoms with Gasteiger partial charge in [-0.05, 0) is 53.0 Å². The van der Waals surface area contributed by atoms with Gasteiger partial charge in [-0.3, -0.25) is 19.4 Å². The quantitative estimate of drug-likeness (QED) is 0.463. The van der Waals surface area contributed by atoms with Crippen LogP contribution in [0.25, 0.3) is 10.7 Å². The summed E-state index contributed by atoms with van der Waals surface area (Å²) in [5.74, 6) is 2.27. The molecule has 170 valence electrons. The highest BCUT2D eigenvalue weighted by molar-refractivity contribution is 7.71. The SMILES string of the molecule is CC1CC(C)CN(Cc2ccccc2CNC(=O)CCn2c(-c3cccs3)n[nH]c2=S)C1. The average Bonchev–Trinajstić information content (AvgIpc) is 3.40. The molecule has 8 heteroatoms. The van der Waals surface area contributed by atoms with Gasteiger partial charge in [0.2, 0.25) is 5.91 Å². The first-order valence-electron chi connectivity index (χ1n) is 11.2. The van der Waals surface area contributed by atoms with Crippen molar-refractivity contribution < 1.29 is 4.79 Å². The Bertz CT molecular complexity index is 1080. The second-order valence-electron chi connectivity index (χ2n) is 8.92. The lowest BCUT2D eigenvalue weighted by Crippen LogP contribution is -2.38. The van der Waals surface area contributed by atoms with Crippen LogP contribution < -0.4 is 5.32 Å². The first kappa shape index (κ1) is 22.9. The summed E-state index contributed by atoms with van der Waals surface area (Å²) < 4.78 is 2.43. The Hall–Kier alpha value is -2.29. The van der Waals surface area contributed by atoms with Crippen LogP contribution in [-0.2, 0) is 24.4 Å². The average molecular weight is 470 g/mol. The standard InChI is InChI=1S/C24H31N5OS2/c1-17-12-18(2)15-28(14-17)16-20-7-4-3-6-19(20)13-25-22(30)9-10-29-23(26-27-24(29)31)21-8-5-11-32-21/h3-8,11,17-18H,9-10,12-16H2,1-2H3,(H,25,30)(H,27,31). The fourth-order valence-electron chi connectivity index (χ4n) is 4.66. The Morgan fingerprint density at radius 3 is 2.66 bits per heavy atom. The number of carbonyl (C=O) groups excluding carboxylic acids is 1. The lowest BCUT2D eigenvalue weighted by Gasteiger charge is -2.35. The minimum atomic E-state index is 0.0141. The van der Waals surface area contributed by atoms with Crippen molar-refractivity contribution in [3.05, 3.63) is 57.7 Å². The molecule has 3 aromatic rings. The van der Waals surface area contributed by atoms with Gasteiger partial charge in [-0.2, -0.15) is 5.10 Å². The maximum absolute atomic E-state index is 12.6. The van der Waals surface area contributed by atoms with E-state index in [2.05, 4.69) is 52.5 Å². The summed E-state index contributed by atoms with van der Waals surface area (Å²) in [5, 5.41) is 12.3. The molecule has 1 aromatic carbocycles. The summed E-state index contributed by atoms with van der Waals surface area (Å²) in [6, 6.07) is 12.4. The van der Waals surface area contributed by atoms with Crippen LogP contribution in [0, 0.1) is 16.6 Å². The maximum Gasteiger partial charge on any atom is 0.222 e. The number of rotatable bonds is 8. The molecule has 1 amide bonds. The van der Waals surface area contributed by atoms with Crippen molar-refractivity contribution in [2.45, 2.75) is 46.3 Å². The number of hydrogen-bond acceptors (Lipinski definition) is 5. The number of hydrogen-bond donors (Lipinski definition) is 2. The maximum atomic E-state index is 12.6. The number of nitrogens with one attached hydrogen (secondary N) is 2. The number of nitrogens with zero attached hydrogens (tertiary/aromatic N) is 3. The van der Waals surface area contributed by atoms with Crippen molar-refractivity contribution in [3.8, 4) is 10.7 Å². The molecule has 3 heterocycles. The normalized spacial score (nSPS) is 19.2. The summed E-state index contributed by atoms with van der Waals surface area (Å²) in [7, 11) is 0. The molecular formula is C24H31N5OS2. The lowest BCUT2D eigenvalue weighted by atomic mass is 9.91. The van der Waals surface area contributed by atoms with Crippen molar-refractivity contribution in [1.82, 2.24) is 25.0 Å². The number of H-pyrrole nitrogens is 1. The molecule has 1 fully saturated rings. The van der Waals surface area contributed by atoms with Gasteiger partial charge < -0.3 is 5.32 Å². The Morgan fingerprint density at radius 1 is 1.19 bits per heavy atom. The molecule has 2 unspecified atom stereocenters. The first-order chi connectivity index (χ1) is 15.5. The van der Waals surface area contributed by atoms with Gasteiger partial charge in [-0.1, -0.05) is 44.2 Å². The molecule has 0 aliphatic carbocycles. The molecule has 2 N–H and O–H groups in total. The van der Waals surface area contributed by atoms with Gasteiger partial charge in [0.1, 0.15) is 0 Å². The van der Waals surface area contributed by atoms with Crippen LogP contribution in [-0.4, -0.2) is 38.7 Å². The van der Waals surface area contributed by atoms with E-state index < -0.39 is 0 Å². The Labute approximate surface area is 198 Å². The molecule has 0 bridgehead atoms. The molecule has 0 spiro atoms. The number of aromatic amines is 1. The van der Waals surface area contributed by atoms with E-state index in [9.17, 15) is 4.79 Å². The van der Waals surface area contributed by atoms with Gasteiger partial charge in [-0.25, -0.2) is 0 Å². The topological polar surface area (TPSA) is 66.0 Å². The molecule has 2 atom stereocenters. The number of aromatic nitrogens is 3. The molecule has 2 aromatic heterocycles. The molecular weight excluding hydrogens is 438 g/mol. The van der Waals surface area contributed by atoms with E-state index in [1.54, 1.807) is 11.3 Å². The van der Waals surface area contributed by atoms with Crippen LogP contribution in [0.4, 0.5) is 0 Å². The van der Waals surface area contributed by atoms with E-state index in [-0.39, 0.29) is 5.91 Å². The number of benzene rings is 1. The van der Waals surface area contributed by atoms with Crippen LogP contribution in [0.15, 0.2) is 41.8 Å². The van der Waals surface area contributed by atoms with E-state index in [0.717, 1.165) is 42.2 Å². The Balaban J connectivity index is 1.33. The molecule has 0 saturated carbocycles. The third-order valence-corrected chi connectivity index (χ3v) is 7.17. The second kappa shape index (κ2) is 10.6. The van der Waals surface area contributed by atoms with Gasteiger partial charge in [0.25, 0.3) is 0 Å². The van der Waals surface area contributed by atoms with Crippen molar-refractivity contribution in [1.29, 1.82) is 0 Å². The van der Waals surface area contributed by atoms with Crippen molar-refractivity contribution in [2.75, 3.05) is 13.1 Å². The Kier molecular flexibility index (Phi) is 7.55. The highest BCUT2D eigenvalue weighted by Gasteiger charge is 2.22. The van der Waals surface area contributed by atoms with Crippen LogP contribution in [0.1, 0.15) is 37.8 Å². The first-order valence-corrected chi connectivity index (χ1v) is 12.5. The van der Waals surface area contributed by atoms with Gasteiger partial charge in [0, 0.05) is 39.1 Å². The molecule has 6 nitrogen and oxygen atoms in total. The van der Waals surface area contributed by atoms with Crippen LogP contribution >= 0.6 is 23.6 Å². The molecule has 32 heavy (non-hydrogen) atoms. The lowest BCUT2D eigenvalue weighted by molar-refractivity contribution is -0.121. The van der Waals surface area contributed by atoms with E-state index in [1.165, 1.54) is 17.5 Å². The number of carbonyl (C=O) groups is 1. The van der Waals surface area contributed by atoms with E-state index in [1.807, 2.05) is 28.1 Å². The second-order valence-corrected chi connectivity index (χ2v) is 10.3. The molecule has 1 aliphatic rings. The summed E-state index contributed by atoms with van der Waals surface area (Å²) in [6.45, 7) is 8.94. The third-order valence-electron chi connectivity index (χ3n) is 6.00. The van der Waals surface area contributed by atoms with Crippen LogP contribution in [0.2, 0.25) is 0 Å². The largest absolute Gasteiger partial charge is 0.352 e. The molecule has 1 saturated heterocycles. The van der Waals surface area contributed by atoms with Gasteiger partial charge in [0.15, 0.2) is 10.6 Å². The van der Waals surface area contributed by atoms with E-state index in [0.29, 0.717) is 24.3 Å². The van der Waals surface area contributed by atoms with Crippen LogP contribution in [0.3, 0.4) is 0 Å². The fourth-order valence-corrected chi connectivity index (χ4v) is 5.61. The smallest absolute Gasteiger partial charge is 0.222 e. The van der Waals surface area contributed by atoms with Gasteiger partial charge in [0.05, 0.1) is 4.88 Å². The third kappa shape index (κ3) is 5.74. The predicted octanol–water partition coefficient (Wildman–Crippen LogP) is 4.85. The van der Waals surface area contributed by atoms with Gasteiger partial charge in [-0.15, -0.1) is 11.3 Å². The fraction of sp³-hybridized carbons (Fsp3) is 0.458. The monoisotopic (exact) mass is 469 g/mol. The Morgan fingerprint density at radius 2 is 1.94 bits per heavy atom. The van der Waals surface area contributed by atoms with E-state index >= 15 is 0 Å². The highest BCUT2D eigenvalue weighted by atomic mass is 32.1. The molecule has 4 rings (SSSR count). The molecule has 1 aliphatic heterocycles. The predicted molar refractivity (Wildman–Crippen MR) is 132 cm³/mol. The van der Waals surface area contributed by atoms with Crippen molar-refractivity contribution in [2.24, 2.45) is 11.8 Å². The van der Waals surface area contributed by atoms with Crippen molar-refractivity contribution in [3.63, 3.8) is 0 Å². The highest BCUT2D eigenvalue weighted by Crippen LogP contribution is 2.24. The number of piperidine rings is 1. The number of amides is 1. The summed E-state index contributed by atoms with van der Waals surface area (Å²) >= 11 is 6.97. The summed E-state index contributed by atoms with van der Waals surface area (Å²) in [5.41, 5.74) is 2.48. The molecule has 0 radical (unpaired) electrons. The zero-order valence-electron chi connectivity index (χ0n) is 18.7. The van der Waals surface area contributed by atoms with Crippen molar-refractivity contribution >= 4 is 29.5 Å². The summed E-state index contributed by atoms with van der Waals surface area (Å²) in [6.07, 6.45) is 1.67. The number of thiophene rings is 1. The minimum absolute atomic E-state index is 0.0141. The zero-order chi connectivity index (χ0) is 22.5. The zero-order valence-corrected chi connectivity index (χ0v) is 20.3. The minimum Gasteiger partial charge on any atom is -0.352 e.